The summed E-state index contributed by atoms with van der Waals surface area (Å²) in [7, 11) is 0. The molecule has 0 aromatic heterocycles. The maximum absolute atomic E-state index is 11.4. The molecule has 0 saturated heterocycles. The zero-order valence-corrected chi connectivity index (χ0v) is 9.76. The molecule has 0 heterocycles. The Labute approximate surface area is 84.1 Å². The van der Waals surface area contributed by atoms with E-state index in [9.17, 15) is 4.79 Å². The van der Waals surface area contributed by atoms with Crippen molar-refractivity contribution in [1.29, 1.82) is 0 Å². The smallest absolute Gasteiger partial charge is 0.136 e. The van der Waals surface area contributed by atoms with Gasteiger partial charge in [0.1, 0.15) is 5.78 Å². The lowest BCUT2D eigenvalue weighted by molar-refractivity contribution is -0.121. The van der Waals surface area contributed by atoms with Gasteiger partial charge in [-0.2, -0.15) is 23.5 Å². The van der Waals surface area contributed by atoms with E-state index in [1.807, 2.05) is 24.9 Å². The third-order valence-electron chi connectivity index (χ3n) is 1.74. The summed E-state index contributed by atoms with van der Waals surface area (Å²) in [6, 6.07) is 0. The zero-order chi connectivity index (χ0) is 9.40. The summed E-state index contributed by atoms with van der Waals surface area (Å²) < 4.78 is 0. The minimum absolute atomic E-state index is 0.252. The number of hydrogen-bond donors (Lipinski definition) is 0. The number of hydrogen-bond acceptors (Lipinski definition) is 3. The second kappa shape index (κ2) is 7.99. The van der Waals surface area contributed by atoms with Gasteiger partial charge in [0.25, 0.3) is 0 Å². The van der Waals surface area contributed by atoms with E-state index in [0.717, 1.165) is 24.3 Å². The predicted molar refractivity (Wildman–Crippen MR) is 60.2 cm³/mol. The SMILES string of the molecule is CSCCCC(=O)C(C)CSC. The van der Waals surface area contributed by atoms with Gasteiger partial charge in [-0.1, -0.05) is 6.92 Å². The Hall–Kier alpha value is 0.370. The normalized spacial score (nSPS) is 12.9. The minimum Gasteiger partial charge on any atom is -0.299 e. The van der Waals surface area contributed by atoms with Crippen LogP contribution in [-0.4, -0.2) is 29.8 Å². The maximum Gasteiger partial charge on any atom is 0.136 e. The second-order valence-electron chi connectivity index (χ2n) is 2.92. The molecule has 1 unspecified atom stereocenters. The number of Topliss-reactive ketones (excluding diaryl/α,β-unsaturated/α-hetero) is 1. The van der Waals surface area contributed by atoms with Crippen molar-refractivity contribution in [2.75, 3.05) is 24.0 Å². The van der Waals surface area contributed by atoms with Gasteiger partial charge in [-0.3, -0.25) is 4.79 Å². The van der Waals surface area contributed by atoms with Crippen LogP contribution >= 0.6 is 23.5 Å². The fourth-order valence-corrected chi connectivity index (χ4v) is 2.10. The molecule has 0 rings (SSSR count). The Bertz CT molecular complexity index is 126. The second-order valence-corrected chi connectivity index (χ2v) is 4.82. The molecular weight excluding hydrogens is 188 g/mol. The first-order valence-corrected chi connectivity index (χ1v) is 7.01. The third kappa shape index (κ3) is 5.95. The summed E-state index contributed by atoms with van der Waals surface area (Å²) in [5, 5.41) is 0. The molecule has 1 atom stereocenters. The van der Waals surface area contributed by atoms with Gasteiger partial charge in [0, 0.05) is 18.1 Å². The van der Waals surface area contributed by atoms with Crippen molar-refractivity contribution < 1.29 is 4.79 Å². The van der Waals surface area contributed by atoms with Crippen LogP contribution in [0.15, 0.2) is 0 Å². The average Bonchev–Trinajstić information content (AvgIpc) is 2.05. The van der Waals surface area contributed by atoms with Crippen molar-refractivity contribution in [3.63, 3.8) is 0 Å². The van der Waals surface area contributed by atoms with Gasteiger partial charge in [0.05, 0.1) is 0 Å². The molecule has 1 nitrogen and oxygen atoms in total. The van der Waals surface area contributed by atoms with Gasteiger partial charge in [0.2, 0.25) is 0 Å². The van der Waals surface area contributed by atoms with Gasteiger partial charge in [0.15, 0.2) is 0 Å². The quantitative estimate of drug-likeness (QED) is 0.596. The Morgan fingerprint density at radius 3 is 2.50 bits per heavy atom. The molecule has 0 radical (unpaired) electrons. The van der Waals surface area contributed by atoms with Gasteiger partial charge < -0.3 is 0 Å². The van der Waals surface area contributed by atoms with Crippen molar-refractivity contribution in [2.45, 2.75) is 19.8 Å². The fourth-order valence-electron chi connectivity index (χ4n) is 0.980. The van der Waals surface area contributed by atoms with Gasteiger partial charge in [-0.15, -0.1) is 0 Å². The highest BCUT2D eigenvalue weighted by molar-refractivity contribution is 7.98. The van der Waals surface area contributed by atoms with E-state index >= 15 is 0 Å². The molecule has 0 fully saturated rings. The molecule has 0 saturated carbocycles. The number of rotatable bonds is 7. The van der Waals surface area contributed by atoms with Crippen LogP contribution < -0.4 is 0 Å². The molecule has 0 bridgehead atoms. The van der Waals surface area contributed by atoms with Crippen molar-refractivity contribution in [2.24, 2.45) is 5.92 Å². The lowest BCUT2D eigenvalue weighted by Crippen LogP contribution is -2.13. The summed E-state index contributed by atoms with van der Waals surface area (Å²) in [6.07, 6.45) is 5.93. The van der Waals surface area contributed by atoms with Crippen LogP contribution in [0.3, 0.4) is 0 Å². The summed E-state index contributed by atoms with van der Waals surface area (Å²) in [4.78, 5) is 11.4. The van der Waals surface area contributed by atoms with Crippen molar-refractivity contribution >= 4 is 29.3 Å². The summed E-state index contributed by atoms with van der Waals surface area (Å²) >= 11 is 3.56. The zero-order valence-electron chi connectivity index (χ0n) is 8.13. The van der Waals surface area contributed by atoms with Crippen LogP contribution in [0.2, 0.25) is 0 Å². The maximum atomic E-state index is 11.4. The Balaban J connectivity index is 3.43. The molecule has 12 heavy (non-hydrogen) atoms. The molecule has 0 aromatic carbocycles. The fraction of sp³-hybridized carbons (Fsp3) is 0.889. The molecule has 0 N–H and O–H groups in total. The standard InChI is InChI=1S/C9H18OS2/c1-8(7-12-3)9(10)5-4-6-11-2/h8H,4-7H2,1-3H3. The van der Waals surface area contributed by atoms with Crippen LogP contribution in [0.1, 0.15) is 19.8 Å². The van der Waals surface area contributed by atoms with E-state index in [4.69, 9.17) is 0 Å². The predicted octanol–water partition coefficient (Wildman–Crippen LogP) is 2.70. The highest BCUT2D eigenvalue weighted by Gasteiger charge is 2.10. The van der Waals surface area contributed by atoms with E-state index in [-0.39, 0.29) is 5.92 Å². The van der Waals surface area contributed by atoms with Gasteiger partial charge >= 0.3 is 0 Å². The van der Waals surface area contributed by atoms with Crippen LogP contribution in [0.5, 0.6) is 0 Å². The van der Waals surface area contributed by atoms with Crippen LogP contribution in [0, 0.1) is 5.92 Å². The van der Waals surface area contributed by atoms with Crippen molar-refractivity contribution in [3.8, 4) is 0 Å². The number of carbonyl (C=O) groups is 1. The van der Waals surface area contributed by atoms with Crippen molar-refractivity contribution in [1.82, 2.24) is 0 Å². The van der Waals surface area contributed by atoms with Gasteiger partial charge in [-0.05, 0) is 24.7 Å². The topological polar surface area (TPSA) is 17.1 Å². The Kier molecular flexibility index (Phi) is 8.24. The monoisotopic (exact) mass is 206 g/mol. The molecule has 0 amide bonds. The lowest BCUT2D eigenvalue weighted by atomic mass is 10.1. The molecule has 3 heteroatoms. The van der Waals surface area contributed by atoms with Crippen LogP contribution in [0.4, 0.5) is 0 Å². The van der Waals surface area contributed by atoms with E-state index < -0.39 is 0 Å². The minimum atomic E-state index is 0.252. The highest BCUT2D eigenvalue weighted by atomic mass is 32.2. The van der Waals surface area contributed by atoms with Crippen LogP contribution in [0.25, 0.3) is 0 Å². The van der Waals surface area contributed by atoms with Crippen molar-refractivity contribution in [3.05, 3.63) is 0 Å². The Morgan fingerprint density at radius 1 is 1.33 bits per heavy atom. The molecular formula is C9H18OS2. The number of ketones is 1. The largest absolute Gasteiger partial charge is 0.299 e. The number of thioether (sulfide) groups is 2. The van der Waals surface area contributed by atoms with E-state index in [1.165, 1.54) is 0 Å². The molecule has 0 aliphatic rings. The first kappa shape index (κ1) is 12.4. The molecule has 0 aliphatic carbocycles. The van der Waals surface area contributed by atoms with Gasteiger partial charge in [-0.25, -0.2) is 0 Å². The van der Waals surface area contributed by atoms with E-state index in [0.29, 0.717) is 5.78 Å². The summed E-state index contributed by atoms with van der Waals surface area (Å²) in [5.41, 5.74) is 0. The van der Waals surface area contributed by atoms with Crippen LogP contribution in [-0.2, 0) is 4.79 Å². The number of carbonyl (C=O) groups excluding carboxylic acids is 1. The summed E-state index contributed by atoms with van der Waals surface area (Å²) in [6.45, 7) is 2.03. The summed E-state index contributed by atoms with van der Waals surface area (Å²) in [5.74, 6) is 2.76. The Morgan fingerprint density at radius 2 is 2.00 bits per heavy atom. The third-order valence-corrected chi connectivity index (χ3v) is 3.27. The first-order valence-electron chi connectivity index (χ1n) is 4.23. The van der Waals surface area contributed by atoms with E-state index in [1.54, 1.807) is 11.8 Å². The lowest BCUT2D eigenvalue weighted by Gasteiger charge is -2.07. The average molecular weight is 206 g/mol. The highest BCUT2D eigenvalue weighted by Crippen LogP contribution is 2.10. The first-order chi connectivity index (χ1) is 5.72. The van der Waals surface area contributed by atoms with E-state index in [2.05, 4.69) is 6.26 Å². The molecule has 72 valence electrons. The molecule has 0 spiro atoms. The molecule has 0 aliphatic heterocycles. The molecule has 0 aromatic rings.